The smallest absolute Gasteiger partial charge is 0.251 e. The largest absolute Gasteiger partial charge is 0.497 e. The van der Waals surface area contributed by atoms with Gasteiger partial charge in [0.2, 0.25) is 0 Å². The maximum Gasteiger partial charge on any atom is 0.251 e. The summed E-state index contributed by atoms with van der Waals surface area (Å²) in [6.07, 6.45) is 8.23. The summed E-state index contributed by atoms with van der Waals surface area (Å²) in [6, 6.07) is 12.5. The summed E-state index contributed by atoms with van der Waals surface area (Å²) < 4.78 is 7.92. The Morgan fingerprint density at radius 3 is 2.70 bits per heavy atom. The molecule has 2 unspecified atom stereocenters. The average Bonchev–Trinajstić information content (AvgIpc) is 3.53. The van der Waals surface area contributed by atoms with Gasteiger partial charge in [0.1, 0.15) is 12.0 Å². The average molecular weight is 443 g/mol. The Balaban J connectivity index is 1.68. The van der Waals surface area contributed by atoms with Gasteiger partial charge in [-0.15, -0.1) is 0 Å². The van der Waals surface area contributed by atoms with Crippen LogP contribution in [0.3, 0.4) is 0 Å². The van der Waals surface area contributed by atoms with Crippen molar-refractivity contribution in [3.63, 3.8) is 0 Å². The van der Waals surface area contributed by atoms with E-state index in [-0.39, 0.29) is 17.2 Å². The van der Waals surface area contributed by atoms with Crippen molar-refractivity contribution in [1.82, 2.24) is 9.88 Å². The fourth-order valence-corrected chi connectivity index (χ4v) is 6.47. The lowest BCUT2D eigenvalue weighted by Crippen LogP contribution is -2.18. The number of hydrogen-bond acceptors (Lipinski definition) is 3. The highest BCUT2D eigenvalue weighted by Crippen LogP contribution is 2.64. The normalized spacial score (nSPS) is 23.8. The molecule has 1 aromatic heterocycles. The molecule has 2 atom stereocenters. The van der Waals surface area contributed by atoms with Crippen molar-refractivity contribution in [3.8, 4) is 17.0 Å². The number of aldehydes is 1. The molecule has 5 heteroatoms. The molecule has 2 aromatic carbocycles. The number of ether oxygens (including phenoxy) is 1. The van der Waals surface area contributed by atoms with Crippen molar-refractivity contribution in [2.24, 2.45) is 5.41 Å². The topological polar surface area (TPSA) is 60.3 Å². The predicted molar refractivity (Wildman–Crippen MR) is 129 cm³/mol. The number of amides is 1. The number of rotatable bonds is 4. The molecule has 33 heavy (non-hydrogen) atoms. The van der Waals surface area contributed by atoms with E-state index in [1.807, 2.05) is 18.2 Å². The molecule has 170 valence electrons. The van der Waals surface area contributed by atoms with E-state index in [1.165, 1.54) is 66.2 Å². The number of carbonyl (C=O) groups excluding carboxylic acids is 2. The predicted octanol–water partition coefficient (Wildman–Crippen LogP) is 5.41. The Morgan fingerprint density at radius 1 is 1.15 bits per heavy atom. The first-order valence-corrected chi connectivity index (χ1v) is 12.1. The molecule has 0 saturated heterocycles. The number of aromatic nitrogens is 1. The maximum atomic E-state index is 12.5. The second-order valence-electron chi connectivity index (χ2n) is 10.1. The van der Waals surface area contributed by atoms with E-state index < -0.39 is 0 Å². The Labute approximate surface area is 194 Å². The minimum atomic E-state index is -0.384. The van der Waals surface area contributed by atoms with Gasteiger partial charge in [0, 0.05) is 35.6 Å². The number of fused-ring (bicyclic) bond motifs is 7. The fourth-order valence-electron chi connectivity index (χ4n) is 6.47. The van der Waals surface area contributed by atoms with Crippen LogP contribution in [0.1, 0.15) is 71.8 Å². The lowest BCUT2D eigenvalue weighted by Gasteiger charge is -2.24. The lowest BCUT2D eigenvalue weighted by atomic mass is 9.81. The molecule has 2 heterocycles. The summed E-state index contributed by atoms with van der Waals surface area (Å²) in [5, 5.41) is 3.98. The van der Waals surface area contributed by atoms with E-state index in [9.17, 15) is 9.59 Å². The van der Waals surface area contributed by atoms with Crippen molar-refractivity contribution < 1.29 is 14.3 Å². The van der Waals surface area contributed by atoms with Crippen molar-refractivity contribution in [1.29, 1.82) is 0 Å². The molecule has 2 saturated carbocycles. The molecule has 3 aliphatic rings. The van der Waals surface area contributed by atoms with E-state index in [4.69, 9.17) is 4.74 Å². The third-order valence-corrected chi connectivity index (χ3v) is 8.30. The van der Waals surface area contributed by atoms with Gasteiger partial charge in [0.25, 0.3) is 5.91 Å². The van der Waals surface area contributed by atoms with Crippen LogP contribution < -0.4 is 10.1 Å². The molecule has 2 aliphatic carbocycles. The number of nitrogens with one attached hydrogen (secondary N) is 1. The van der Waals surface area contributed by atoms with Gasteiger partial charge >= 0.3 is 0 Å². The van der Waals surface area contributed by atoms with Crippen molar-refractivity contribution in [3.05, 3.63) is 53.1 Å². The standard InChI is InChI=1S/C28H30N2O3/c1-29-27(32)18-8-10-21-24(12-18)30-15-28(16-31)14-23(28)22-13-19(33-2)9-11-20(22)26(30)25(21)17-6-4-3-5-7-17/h8-13,16-17,23H,3-7,14-15H2,1-2H3,(H,29,32). The number of nitrogens with zero attached hydrogens (tertiary/aromatic N) is 1. The molecule has 3 aromatic rings. The van der Waals surface area contributed by atoms with Crippen LogP contribution in [0.2, 0.25) is 0 Å². The van der Waals surface area contributed by atoms with Gasteiger partial charge in [-0.05, 0) is 72.6 Å². The van der Waals surface area contributed by atoms with Crippen LogP contribution >= 0.6 is 0 Å². The molecule has 1 amide bonds. The van der Waals surface area contributed by atoms with Gasteiger partial charge < -0.3 is 19.4 Å². The Morgan fingerprint density at radius 2 is 1.97 bits per heavy atom. The summed E-state index contributed by atoms with van der Waals surface area (Å²) in [4.78, 5) is 24.9. The summed E-state index contributed by atoms with van der Waals surface area (Å²) in [7, 11) is 3.36. The van der Waals surface area contributed by atoms with E-state index in [1.54, 1.807) is 14.2 Å². The lowest BCUT2D eigenvalue weighted by molar-refractivity contribution is -0.112. The van der Waals surface area contributed by atoms with Crippen LogP contribution in [-0.4, -0.2) is 30.9 Å². The fraction of sp³-hybridized carbons (Fsp3) is 0.429. The van der Waals surface area contributed by atoms with Crippen LogP contribution in [-0.2, 0) is 11.3 Å². The Hall–Kier alpha value is -3.08. The van der Waals surface area contributed by atoms with Crippen LogP contribution in [0.5, 0.6) is 5.75 Å². The van der Waals surface area contributed by atoms with E-state index in [2.05, 4.69) is 28.1 Å². The molecular weight excluding hydrogens is 412 g/mol. The summed E-state index contributed by atoms with van der Waals surface area (Å²) in [6.45, 7) is 0.661. The zero-order chi connectivity index (χ0) is 22.7. The van der Waals surface area contributed by atoms with Gasteiger partial charge in [-0.3, -0.25) is 4.79 Å². The molecule has 2 fully saturated rings. The Bertz CT molecular complexity index is 1280. The summed E-state index contributed by atoms with van der Waals surface area (Å²) in [5.41, 5.74) is 6.45. The molecule has 1 N–H and O–H groups in total. The van der Waals surface area contributed by atoms with Gasteiger partial charge in [0.05, 0.1) is 18.2 Å². The zero-order valence-electron chi connectivity index (χ0n) is 19.3. The van der Waals surface area contributed by atoms with E-state index >= 15 is 0 Å². The minimum Gasteiger partial charge on any atom is -0.497 e. The summed E-state index contributed by atoms with van der Waals surface area (Å²) in [5.74, 6) is 1.47. The summed E-state index contributed by atoms with van der Waals surface area (Å²) >= 11 is 0. The molecule has 1 aliphatic heterocycles. The zero-order valence-corrected chi connectivity index (χ0v) is 19.3. The van der Waals surface area contributed by atoms with Crippen LogP contribution in [0.25, 0.3) is 22.2 Å². The van der Waals surface area contributed by atoms with Gasteiger partial charge in [-0.25, -0.2) is 0 Å². The molecule has 0 bridgehead atoms. The second-order valence-corrected chi connectivity index (χ2v) is 10.1. The maximum absolute atomic E-state index is 12.5. The molecule has 6 rings (SSSR count). The third kappa shape index (κ3) is 2.98. The number of methoxy groups -OCH3 is 1. The van der Waals surface area contributed by atoms with Crippen molar-refractivity contribution >= 4 is 23.1 Å². The number of hydrogen-bond donors (Lipinski definition) is 1. The minimum absolute atomic E-state index is 0.0835. The first-order valence-electron chi connectivity index (χ1n) is 12.1. The van der Waals surface area contributed by atoms with Gasteiger partial charge in [-0.1, -0.05) is 25.3 Å². The monoisotopic (exact) mass is 442 g/mol. The third-order valence-electron chi connectivity index (χ3n) is 8.30. The van der Waals surface area contributed by atoms with E-state index in [0.717, 1.165) is 17.7 Å². The quantitative estimate of drug-likeness (QED) is 0.550. The number of carbonyl (C=O) groups is 2. The SMILES string of the molecule is CNC(=O)c1ccc2c(C3CCCCC3)c3n(c2c1)CC1(C=O)CC1c1cc(OC)ccc1-3. The van der Waals surface area contributed by atoms with Crippen molar-refractivity contribution in [2.45, 2.75) is 56.9 Å². The number of benzene rings is 2. The van der Waals surface area contributed by atoms with Crippen LogP contribution in [0.4, 0.5) is 0 Å². The molecule has 5 nitrogen and oxygen atoms in total. The highest BCUT2D eigenvalue weighted by molar-refractivity contribution is 6.01. The second kappa shape index (κ2) is 7.47. The van der Waals surface area contributed by atoms with Crippen LogP contribution in [0, 0.1) is 5.41 Å². The first-order chi connectivity index (χ1) is 16.1. The van der Waals surface area contributed by atoms with Gasteiger partial charge in [0.15, 0.2) is 0 Å². The highest BCUT2D eigenvalue weighted by Gasteiger charge is 2.58. The molecule has 0 spiro atoms. The van der Waals surface area contributed by atoms with E-state index in [0.29, 0.717) is 18.0 Å². The highest BCUT2D eigenvalue weighted by atomic mass is 16.5. The van der Waals surface area contributed by atoms with Crippen molar-refractivity contribution in [2.75, 3.05) is 14.2 Å². The van der Waals surface area contributed by atoms with Crippen LogP contribution in [0.15, 0.2) is 36.4 Å². The molecule has 0 radical (unpaired) electrons. The van der Waals surface area contributed by atoms with Gasteiger partial charge in [-0.2, -0.15) is 0 Å². The molecular formula is C28H30N2O3. The first kappa shape index (κ1) is 20.5. The Kier molecular flexibility index (Phi) is 4.65.